The highest BCUT2D eigenvalue weighted by Crippen LogP contribution is 2.24. The van der Waals surface area contributed by atoms with Crippen molar-refractivity contribution in [2.75, 3.05) is 13.6 Å². The zero-order valence-corrected chi connectivity index (χ0v) is 10.6. The van der Waals surface area contributed by atoms with Gasteiger partial charge in [0.1, 0.15) is 5.78 Å². The molecule has 0 aliphatic heterocycles. The van der Waals surface area contributed by atoms with Gasteiger partial charge in [0.2, 0.25) is 0 Å². The molecule has 1 unspecified atom stereocenters. The van der Waals surface area contributed by atoms with Crippen LogP contribution in [0.25, 0.3) is 0 Å². The van der Waals surface area contributed by atoms with Crippen molar-refractivity contribution in [3.05, 3.63) is 22.4 Å². The highest BCUT2D eigenvalue weighted by molar-refractivity contribution is 7.09. The number of hydrogen-bond donors (Lipinski definition) is 0. The number of carbonyl (C=O) groups excluding carboxylic acids is 1. The highest BCUT2D eigenvalue weighted by Gasteiger charge is 2.23. The summed E-state index contributed by atoms with van der Waals surface area (Å²) in [7, 11) is 2.14. The van der Waals surface area contributed by atoms with Crippen molar-refractivity contribution in [2.45, 2.75) is 32.2 Å². The second-order valence-corrected chi connectivity index (χ2v) is 5.69. The Balaban J connectivity index is 1.71. The Morgan fingerprint density at radius 3 is 3.06 bits per heavy atom. The number of rotatable bonds is 5. The Kier molecular flexibility index (Phi) is 4.13. The van der Waals surface area contributed by atoms with E-state index in [-0.39, 0.29) is 0 Å². The number of thiophene rings is 1. The number of ketones is 1. The second-order valence-electron chi connectivity index (χ2n) is 4.66. The molecule has 88 valence electrons. The number of nitrogens with zero attached hydrogens (tertiary/aromatic N) is 1. The van der Waals surface area contributed by atoms with E-state index < -0.39 is 0 Å². The van der Waals surface area contributed by atoms with Crippen molar-refractivity contribution in [1.82, 2.24) is 4.90 Å². The molecule has 1 fully saturated rings. The van der Waals surface area contributed by atoms with Crippen molar-refractivity contribution in [1.29, 1.82) is 0 Å². The Labute approximate surface area is 101 Å². The lowest BCUT2D eigenvalue weighted by Crippen LogP contribution is -2.22. The smallest absolute Gasteiger partial charge is 0.136 e. The standard InChI is InChI=1S/C13H19NOS/c1-14(10-12-5-3-9-16-12)8-7-11-4-2-6-13(11)15/h3,5,9,11H,2,4,6-8,10H2,1H3. The molecule has 2 rings (SSSR count). The minimum absolute atomic E-state index is 0.353. The summed E-state index contributed by atoms with van der Waals surface area (Å²) in [5, 5.41) is 2.11. The molecule has 3 heteroatoms. The molecule has 16 heavy (non-hydrogen) atoms. The maximum absolute atomic E-state index is 11.5. The number of hydrogen-bond acceptors (Lipinski definition) is 3. The average Bonchev–Trinajstić information content (AvgIpc) is 2.87. The van der Waals surface area contributed by atoms with Crippen LogP contribution in [0.15, 0.2) is 17.5 Å². The summed E-state index contributed by atoms with van der Waals surface area (Å²) in [5.41, 5.74) is 0. The lowest BCUT2D eigenvalue weighted by Gasteiger charge is -2.17. The number of carbonyl (C=O) groups is 1. The molecular weight excluding hydrogens is 218 g/mol. The fourth-order valence-corrected chi connectivity index (χ4v) is 3.10. The van der Waals surface area contributed by atoms with Gasteiger partial charge < -0.3 is 4.90 Å². The monoisotopic (exact) mass is 237 g/mol. The van der Waals surface area contributed by atoms with Gasteiger partial charge in [-0.25, -0.2) is 0 Å². The Morgan fingerprint density at radius 2 is 2.44 bits per heavy atom. The molecule has 0 amide bonds. The molecule has 2 nitrogen and oxygen atoms in total. The van der Waals surface area contributed by atoms with Gasteiger partial charge in [-0.15, -0.1) is 11.3 Å². The third kappa shape index (κ3) is 3.16. The summed E-state index contributed by atoms with van der Waals surface area (Å²) in [6.07, 6.45) is 4.09. The first-order chi connectivity index (χ1) is 7.75. The SMILES string of the molecule is CN(CCC1CCCC1=O)Cc1cccs1. The molecule has 1 atom stereocenters. The van der Waals surface area contributed by atoms with Crippen LogP contribution in [0.3, 0.4) is 0 Å². The lowest BCUT2D eigenvalue weighted by atomic mass is 10.0. The van der Waals surface area contributed by atoms with Crippen molar-refractivity contribution in [3.8, 4) is 0 Å². The predicted molar refractivity (Wildman–Crippen MR) is 67.6 cm³/mol. The van der Waals surface area contributed by atoms with Gasteiger partial charge in [0.15, 0.2) is 0 Å². The maximum Gasteiger partial charge on any atom is 0.136 e. The molecule has 1 aromatic heterocycles. The summed E-state index contributed by atoms with van der Waals surface area (Å²) in [5.74, 6) is 0.843. The topological polar surface area (TPSA) is 20.3 Å². The van der Waals surface area contributed by atoms with E-state index in [0.717, 1.165) is 38.8 Å². The fourth-order valence-electron chi connectivity index (χ4n) is 2.32. The van der Waals surface area contributed by atoms with Gasteiger partial charge in [-0.1, -0.05) is 6.07 Å². The van der Waals surface area contributed by atoms with Gasteiger partial charge >= 0.3 is 0 Å². The van der Waals surface area contributed by atoms with Crippen LogP contribution in [0.5, 0.6) is 0 Å². The van der Waals surface area contributed by atoms with Crippen molar-refractivity contribution in [2.24, 2.45) is 5.92 Å². The quantitative estimate of drug-likeness (QED) is 0.784. The zero-order valence-electron chi connectivity index (χ0n) is 9.82. The third-order valence-corrected chi connectivity index (χ3v) is 4.16. The van der Waals surface area contributed by atoms with E-state index in [1.165, 1.54) is 4.88 Å². The minimum atomic E-state index is 0.353. The molecule has 1 aliphatic rings. The molecule has 0 spiro atoms. The largest absolute Gasteiger partial charge is 0.301 e. The molecule has 0 aromatic carbocycles. The van der Waals surface area contributed by atoms with Gasteiger partial charge in [-0.2, -0.15) is 0 Å². The van der Waals surface area contributed by atoms with Crippen LogP contribution < -0.4 is 0 Å². The van der Waals surface area contributed by atoms with Crippen LogP contribution in [0.4, 0.5) is 0 Å². The first-order valence-corrected chi connectivity index (χ1v) is 6.87. The van der Waals surface area contributed by atoms with E-state index in [1.54, 1.807) is 11.3 Å². The van der Waals surface area contributed by atoms with Crippen molar-refractivity contribution < 1.29 is 4.79 Å². The fraction of sp³-hybridized carbons (Fsp3) is 0.615. The lowest BCUT2D eigenvalue weighted by molar-refractivity contribution is -0.120. The normalized spacial score (nSPS) is 20.9. The van der Waals surface area contributed by atoms with Crippen molar-refractivity contribution >= 4 is 17.1 Å². The van der Waals surface area contributed by atoms with Crippen LogP contribution in [0, 0.1) is 5.92 Å². The second kappa shape index (κ2) is 5.60. The molecule has 1 aromatic rings. The van der Waals surface area contributed by atoms with E-state index in [1.807, 2.05) is 0 Å². The summed E-state index contributed by atoms with van der Waals surface area (Å²) < 4.78 is 0. The van der Waals surface area contributed by atoms with E-state index >= 15 is 0 Å². The Hall–Kier alpha value is -0.670. The van der Waals surface area contributed by atoms with Gasteiger partial charge in [0, 0.05) is 23.8 Å². The summed E-state index contributed by atoms with van der Waals surface area (Å²) >= 11 is 1.80. The van der Waals surface area contributed by atoms with E-state index in [0.29, 0.717) is 11.7 Å². The Bertz CT molecular complexity index is 334. The van der Waals surface area contributed by atoms with Gasteiger partial charge in [-0.05, 0) is 44.3 Å². The van der Waals surface area contributed by atoms with Crippen molar-refractivity contribution in [3.63, 3.8) is 0 Å². The molecule has 0 N–H and O–H groups in total. The first kappa shape index (κ1) is 11.8. The molecule has 0 bridgehead atoms. The zero-order chi connectivity index (χ0) is 11.4. The molecule has 0 radical (unpaired) electrons. The van der Waals surface area contributed by atoms with Crippen LogP contribution in [-0.4, -0.2) is 24.3 Å². The maximum atomic E-state index is 11.5. The van der Waals surface area contributed by atoms with Crippen LogP contribution >= 0.6 is 11.3 Å². The van der Waals surface area contributed by atoms with E-state index in [4.69, 9.17) is 0 Å². The van der Waals surface area contributed by atoms with Gasteiger partial charge in [-0.3, -0.25) is 4.79 Å². The molecular formula is C13H19NOS. The van der Waals surface area contributed by atoms with Crippen LogP contribution in [-0.2, 0) is 11.3 Å². The van der Waals surface area contributed by atoms with Crippen LogP contribution in [0.2, 0.25) is 0 Å². The highest BCUT2D eigenvalue weighted by atomic mass is 32.1. The van der Waals surface area contributed by atoms with Gasteiger partial charge in [0.25, 0.3) is 0 Å². The molecule has 0 saturated heterocycles. The summed E-state index contributed by atoms with van der Waals surface area (Å²) in [6.45, 7) is 2.05. The first-order valence-electron chi connectivity index (χ1n) is 5.99. The minimum Gasteiger partial charge on any atom is -0.301 e. The molecule has 1 saturated carbocycles. The summed E-state index contributed by atoms with van der Waals surface area (Å²) in [6, 6.07) is 4.26. The number of Topliss-reactive ketones (excluding diaryl/α,β-unsaturated/α-hetero) is 1. The average molecular weight is 237 g/mol. The molecule has 1 aliphatic carbocycles. The third-order valence-electron chi connectivity index (χ3n) is 3.30. The van der Waals surface area contributed by atoms with E-state index in [9.17, 15) is 4.79 Å². The molecule has 1 heterocycles. The Morgan fingerprint density at radius 1 is 1.56 bits per heavy atom. The van der Waals surface area contributed by atoms with Gasteiger partial charge in [0.05, 0.1) is 0 Å². The summed E-state index contributed by atoms with van der Waals surface area (Å²) in [4.78, 5) is 15.2. The van der Waals surface area contributed by atoms with Crippen LogP contribution in [0.1, 0.15) is 30.6 Å². The van der Waals surface area contributed by atoms with E-state index in [2.05, 4.69) is 29.5 Å². The predicted octanol–water partition coefficient (Wildman–Crippen LogP) is 2.94.